The Balaban J connectivity index is 2.34. The number of carbonyl (C=O) groups is 1. The first-order valence-corrected chi connectivity index (χ1v) is 14.9. The van der Waals surface area contributed by atoms with Crippen LogP contribution in [-0.2, 0) is 9.16 Å². The molecule has 172 valence electrons. The van der Waals surface area contributed by atoms with Crippen molar-refractivity contribution in [2.24, 2.45) is 0 Å². The van der Waals surface area contributed by atoms with Crippen LogP contribution in [0.1, 0.15) is 85.5 Å². The number of carbonyl (C=O) groups excluding carboxylic acids is 1. The zero-order valence-corrected chi connectivity index (χ0v) is 21.1. The summed E-state index contributed by atoms with van der Waals surface area (Å²) in [6.45, 7) is 18.3. The second-order valence-electron chi connectivity index (χ2n) is 10.1. The van der Waals surface area contributed by atoms with E-state index in [4.69, 9.17) is 9.16 Å². The Morgan fingerprint density at radius 3 is 2.34 bits per heavy atom. The maximum atomic E-state index is 12.3. The number of unbranched alkanes of at least 4 members (excludes halogenated alkanes) is 3. The Hall–Kier alpha value is -0.593. The van der Waals surface area contributed by atoms with E-state index in [-0.39, 0.29) is 17.2 Å². The van der Waals surface area contributed by atoms with Crippen LogP contribution in [0.5, 0.6) is 0 Å². The van der Waals surface area contributed by atoms with Gasteiger partial charge in [0.1, 0.15) is 6.10 Å². The lowest BCUT2D eigenvalue weighted by Gasteiger charge is -2.36. The maximum Gasteiger partial charge on any atom is 0.407 e. The van der Waals surface area contributed by atoms with Gasteiger partial charge in [0.2, 0.25) is 0 Å². The van der Waals surface area contributed by atoms with Gasteiger partial charge in [-0.25, -0.2) is 4.79 Å². The van der Waals surface area contributed by atoms with E-state index in [9.17, 15) is 4.79 Å². The van der Waals surface area contributed by atoms with Crippen molar-refractivity contribution in [3.8, 4) is 0 Å². The highest BCUT2D eigenvalue weighted by Crippen LogP contribution is 2.36. The minimum atomic E-state index is -1.70. The Kier molecular flexibility index (Phi) is 12.5. The SMILES string of the molecule is CCCCCCC(CCCO[Si](C)(C)C(C)(C)C)OC(=O)NCCN1CCCC1. The van der Waals surface area contributed by atoms with Crippen LogP contribution in [-0.4, -0.2) is 58.2 Å². The molecule has 0 bridgehead atoms. The van der Waals surface area contributed by atoms with Gasteiger partial charge in [-0.2, -0.15) is 0 Å². The predicted octanol–water partition coefficient (Wildman–Crippen LogP) is 5.95. The van der Waals surface area contributed by atoms with E-state index < -0.39 is 8.32 Å². The van der Waals surface area contributed by atoms with Crippen molar-refractivity contribution in [3.05, 3.63) is 0 Å². The third-order valence-electron chi connectivity index (χ3n) is 6.49. The van der Waals surface area contributed by atoms with Crippen molar-refractivity contribution >= 4 is 14.4 Å². The van der Waals surface area contributed by atoms with Crippen molar-refractivity contribution in [2.45, 2.75) is 110 Å². The largest absolute Gasteiger partial charge is 0.446 e. The first-order valence-electron chi connectivity index (χ1n) is 12.0. The molecule has 0 aliphatic carbocycles. The van der Waals surface area contributed by atoms with Gasteiger partial charge in [0.15, 0.2) is 8.32 Å². The van der Waals surface area contributed by atoms with E-state index >= 15 is 0 Å². The Morgan fingerprint density at radius 1 is 1.07 bits per heavy atom. The Bertz CT molecular complexity index is 446. The molecule has 1 N–H and O–H groups in total. The van der Waals surface area contributed by atoms with Crippen LogP contribution >= 0.6 is 0 Å². The molecule has 1 atom stereocenters. The number of nitrogens with one attached hydrogen (secondary N) is 1. The van der Waals surface area contributed by atoms with Crippen LogP contribution in [0, 0.1) is 0 Å². The number of alkyl carbamates (subject to hydrolysis) is 1. The number of hydrogen-bond acceptors (Lipinski definition) is 4. The third-order valence-corrected chi connectivity index (χ3v) is 11.0. The average molecular weight is 429 g/mol. The molecule has 1 fully saturated rings. The molecule has 1 rings (SSSR count). The van der Waals surface area contributed by atoms with Gasteiger partial charge in [-0.1, -0.05) is 47.0 Å². The number of rotatable bonds is 14. The van der Waals surface area contributed by atoms with E-state index in [1.54, 1.807) is 0 Å². The summed E-state index contributed by atoms with van der Waals surface area (Å²) >= 11 is 0. The minimum absolute atomic E-state index is 0.00154. The molecule has 0 radical (unpaired) electrons. The van der Waals surface area contributed by atoms with Gasteiger partial charge in [-0.15, -0.1) is 0 Å². The minimum Gasteiger partial charge on any atom is -0.446 e. The number of amides is 1. The van der Waals surface area contributed by atoms with Crippen LogP contribution in [0.15, 0.2) is 0 Å². The fourth-order valence-electron chi connectivity index (χ4n) is 3.43. The number of nitrogens with zero attached hydrogens (tertiary/aromatic N) is 1. The molecule has 1 unspecified atom stereocenters. The second kappa shape index (κ2) is 13.7. The van der Waals surface area contributed by atoms with Crippen molar-refractivity contribution in [1.29, 1.82) is 0 Å². The van der Waals surface area contributed by atoms with Gasteiger partial charge >= 0.3 is 6.09 Å². The molecule has 0 aromatic carbocycles. The highest BCUT2D eigenvalue weighted by atomic mass is 28.4. The van der Waals surface area contributed by atoms with E-state index in [1.807, 2.05) is 0 Å². The summed E-state index contributed by atoms with van der Waals surface area (Å²) in [4.78, 5) is 14.7. The molecule has 0 aromatic rings. The fourth-order valence-corrected chi connectivity index (χ4v) is 4.52. The summed E-state index contributed by atoms with van der Waals surface area (Å²) in [5.41, 5.74) is 0. The van der Waals surface area contributed by atoms with Gasteiger partial charge in [-0.3, -0.25) is 0 Å². The van der Waals surface area contributed by atoms with E-state index in [2.05, 4.69) is 51.0 Å². The monoisotopic (exact) mass is 428 g/mol. The molecular formula is C23H48N2O3Si. The molecule has 5 nitrogen and oxygen atoms in total. The predicted molar refractivity (Wildman–Crippen MR) is 125 cm³/mol. The molecular weight excluding hydrogens is 380 g/mol. The normalized spacial score (nSPS) is 16.8. The van der Waals surface area contributed by atoms with Crippen molar-refractivity contribution in [1.82, 2.24) is 10.2 Å². The molecule has 1 amide bonds. The molecule has 6 heteroatoms. The maximum absolute atomic E-state index is 12.3. The smallest absolute Gasteiger partial charge is 0.407 e. The summed E-state index contributed by atoms with van der Waals surface area (Å²) in [6.07, 6.45) is 9.92. The van der Waals surface area contributed by atoms with Crippen LogP contribution in [0.4, 0.5) is 4.79 Å². The first-order chi connectivity index (χ1) is 13.7. The van der Waals surface area contributed by atoms with Gasteiger partial charge in [-0.05, 0) is 69.7 Å². The molecule has 1 aliphatic rings. The number of ether oxygens (including phenoxy) is 1. The van der Waals surface area contributed by atoms with Gasteiger partial charge < -0.3 is 19.4 Å². The Morgan fingerprint density at radius 2 is 1.72 bits per heavy atom. The van der Waals surface area contributed by atoms with Gasteiger partial charge in [0, 0.05) is 19.7 Å². The lowest BCUT2D eigenvalue weighted by molar-refractivity contribution is 0.0807. The van der Waals surface area contributed by atoms with Gasteiger partial charge in [0.05, 0.1) is 0 Å². The zero-order chi connectivity index (χ0) is 21.8. The van der Waals surface area contributed by atoms with Crippen LogP contribution in [0.25, 0.3) is 0 Å². The highest BCUT2D eigenvalue weighted by molar-refractivity contribution is 6.74. The average Bonchev–Trinajstić information content (AvgIpc) is 3.14. The molecule has 0 saturated carbocycles. The number of hydrogen-bond donors (Lipinski definition) is 1. The van der Waals surface area contributed by atoms with Crippen LogP contribution < -0.4 is 5.32 Å². The second-order valence-corrected chi connectivity index (χ2v) is 14.9. The first kappa shape index (κ1) is 26.4. The summed E-state index contributed by atoms with van der Waals surface area (Å²) in [6, 6.07) is 0. The van der Waals surface area contributed by atoms with E-state index in [0.717, 1.165) is 51.9 Å². The van der Waals surface area contributed by atoms with Gasteiger partial charge in [0.25, 0.3) is 0 Å². The summed E-state index contributed by atoms with van der Waals surface area (Å²) in [5, 5.41) is 3.18. The lowest BCUT2D eigenvalue weighted by atomic mass is 10.1. The zero-order valence-electron chi connectivity index (χ0n) is 20.1. The summed E-state index contributed by atoms with van der Waals surface area (Å²) in [7, 11) is -1.70. The fraction of sp³-hybridized carbons (Fsp3) is 0.957. The van der Waals surface area contributed by atoms with Crippen molar-refractivity contribution in [3.63, 3.8) is 0 Å². The van der Waals surface area contributed by atoms with Crippen molar-refractivity contribution < 1.29 is 14.0 Å². The standard InChI is InChI=1S/C23H48N2O3Si/c1-7-8-9-10-14-21(15-13-20-27-29(5,6)23(2,3)4)28-22(26)24-16-19-25-17-11-12-18-25/h21H,7-20H2,1-6H3,(H,24,26). The third kappa shape index (κ3) is 11.4. The lowest BCUT2D eigenvalue weighted by Crippen LogP contribution is -2.41. The van der Waals surface area contributed by atoms with E-state index in [0.29, 0.717) is 6.54 Å². The number of likely N-dealkylation sites (tertiary alicyclic amines) is 1. The van der Waals surface area contributed by atoms with Crippen LogP contribution in [0.3, 0.4) is 0 Å². The molecule has 1 heterocycles. The van der Waals surface area contributed by atoms with Crippen LogP contribution in [0.2, 0.25) is 18.1 Å². The van der Waals surface area contributed by atoms with Crippen molar-refractivity contribution in [2.75, 3.05) is 32.8 Å². The highest BCUT2D eigenvalue weighted by Gasteiger charge is 2.36. The molecule has 0 spiro atoms. The molecule has 29 heavy (non-hydrogen) atoms. The topological polar surface area (TPSA) is 50.8 Å². The molecule has 0 aromatic heterocycles. The molecule has 1 aliphatic heterocycles. The summed E-state index contributed by atoms with van der Waals surface area (Å²) in [5.74, 6) is 0. The Labute approximate surface area is 181 Å². The van der Waals surface area contributed by atoms with E-state index in [1.165, 1.54) is 32.1 Å². The molecule has 1 saturated heterocycles. The summed E-state index contributed by atoms with van der Waals surface area (Å²) < 4.78 is 12.1. The quantitative estimate of drug-likeness (QED) is 0.274.